The molecule has 1 saturated heterocycles. The van der Waals surface area contributed by atoms with Crippen molar-refractivity contribution in [2.45, 2.75) is 20.3 Å². The average molecular weight is 285 g/mol. The molecule has 2 N–H and O–H groups in total. The van der Waals surface area contributed by atoms with Crippen molar-refractivity contribution in [2.24, 2.45) is 11.3 Å². The van der Waals surface area contributed by atoms with Gasteiger partial charge in [0.05, 0.1) is 16.1 Å². The second kappa shape index (κ2) is 5.47. The van der Waals surface area contributed by atoms with Crippen LogP contribution in [0, 0.1) is 17.2 Å². The third kappa shape index (κ3) is 2.74. The number of anilines is 1. The molecule has 104 valence electrons. The normalized spacial score (nSPS) is 22.8. The monoisotopic (exact) mass is 284 g/mol. The zero-order chi connectivity index (χ0) is 14.0. The Labute approximate surface area is 117 Å². The van der Waals surface area contributed by atoms with Gasteiger partial charge >= 0.3 is 0 Å². The van der Waals surface area contributed by atoms with Crippen LogP contribution in [0.4, 0.5) is 10.1 Å². The minimum absolute atomic E-state index is 0.0546. The van der Waals surface area contributed by atoms with Gasteiger partial charge in [0.15, 0.2) is 0 Å². The first-order valence-electron chi connectivity index (χ1n) is 6.43. The lowest BCUT2D eigenvalue weighted by atomic mass is 9.75. The minimum atomic E-state index is -0.419. The van der Waals surface area contributed by atoms with E-state index in [4.69, 9.17) is 11.6 Å². The number of hydrogen-bond donors (Lipinski definition) is 2. The fourth-order valence-corrected chi connectivity index (χ4v) is 2.71. The van der Waals surface area contributed by atoms with Crippen LogP contribution in [0.5, 0.6) is 0 Å². The van der Waals surface area contributed by atoms with Gasteiger partial charge in [0.1, 0.15) is 5.82 Å². The molecule has 1 aliphatic heterocycles. The SMILES string of the molecule is CC(C)C1(C(=O)Nc2ccc(F)cc2Cl)CCNC1. The van der Waals surface area contributed by atoms with E-state index in [0.717, 1.165) is 13.0 Å². The number of nitrogens with one attached hydrogen (secondary N) is 2. The van der Waals surface area contributed by atoms with E-state index in [1.165, 1.54) is 18.2 Å². The van der Waals surface area contributed by atoms with Crippen molar-refractivity contribution in [1.29, 1.82) is 0 Å². The van der Waals surface area contributed by atoms with Crippen LogP contribution >= 0.6 is 11.6 Å². The molecule has 0 bridgehead atoms. The molecular formula is C14H18ClFN2O. The number of hydrogen-bond acceptors (Lipinski definition) is 2. The summed E-state index contributed by atoms with van der Waals surface area (Å²) in [6.07, 6.45) is 0.801. The second-order valence-electron chi connectivity index (χ2n) is 5.32. The summed E-state index contributed by atoms with van der Waals surface area (Å²) >= 11 is 5.93. The lowest BCUT2D eigenvalue weighted by Gasteiger charge is -2.31. The Hall–Kier alpha value is -1.13. The summed E-state index contributed by atoms with van der Waals surface area (Å²) in [6.45, 7) is 5.58. The molecule has 1 fully saturated rings. The van der Waals surface area contributed by atoms with Gasteiger partial charge in [-0.3, -0.25) is 4.79 Å². The van der Waals surface area contributed by atoms with Gasteiger partial charge in [-0.05, 0) is 37.1 Å². The quantitative estimate of drug-likeness (QED) is 0.896. The number of halogens is 2. The van der Waals surface area contributed by atoms with Crippen LogP contribution in [0.15, 0.2) is 18.2 Å². The molecule has 19 heavy (non-hydrogen) atoms. The molecule has 0 aliphatic carbocycles. The summed E-state index contributed by atoms with van der Waals surface area (Å²) in [4.78, 5) is 12.5. The molecule has 0 aromatic heterocycles. The number of rotatable bonds is 3. The Bertz CT molecular complexity index is 484. The first kappa shape index (κ1) is 14.3. The molecule has 0 radical (unpaired) electrons. The zero-order valence-electron chi connectivity index (χ0n) is 11.1. The lowest BCUT2D eigenvalue weighted by Crippen LogP contribution is -2.42. The van der Waals surface area contributed by atoms with Crippen molar-refractivity contribution in [2.75, 3.05) is 18.4 Å². The van der Waals surface area contributed by atoms with Gasteiger partial charge in [-0.1, -0.05) is 25.4 Å². The maximum absolute atomic E-state index is 13.0. The van der Waals surface area contributed by atoms with Crippen molar-refractivity contribution in [1.82, 2.24) is 5.32 Å². The van der Waals surface area contributed by atoms with Crippen LogP contribution in [-0.2, 0) is 4.79 Å². The molecule has 0 saturated carbocycles. The maximum Gasteiger partial charge on any atom is 0.232 e. The maximum atomic E-state index is 13.0. The summed E-state index contributed by atoms with van der Waals surface area (Å²) in [6, 6.07) is 3.98. The smallest absolute Gasteiger partial charge is 0.232 e. The van der Waals surface area contributed by atoms with E-state index in [1.807, 2.05) is 13.8 Å². The first-order valence-corrected chi connectivity index (χ1v) is 6.81. The van der Waals surface area contributed by atoms with Gasteiger partial charge in [-0.25, -0.2) is 4.39 Å². The number of amides is 1. The number of carbonyl (C=O) groups is 1. The third-order valence-electron chi connectivity index (χ3n) is 3.93. The zero-order valence-corrected chi connectivity index (χ0v) is 11.9. The topological polar surface area (TPSA) is 41.1 Å². The first-order chi connectivity index (χ1) is 8.95. The van der Waals surface area contributed by atoms with Crippen molar-refractivity contribution < 1.29 is 9.18 Å². The Morgan fingerprint density at radius 3 is 2.79 bits per heavy atom. The number of benzene rings is 1. The predicted octanol–water partition coefficient (Wildman–Crippen LogP) is 3.05. The second-order valence-corrected chi connectivity index (χ2v) is 5.72. The van der Waals surface area contributed by atoms with E-state index < -0.39 is 11.2 Å². The van der Waals surface area contributed by atoms with Crippen LogP contribution < -0.4 is 10.6 Å². The largest absolute Gasteiger partial charge is 0.324 e. The van der Waals surface area contributed by atoms with Crippen LogP contribution in [0.3, 0.4) is 0 Å². The van der Waals surface area contributed by atoms with Crippen molar-refractivity contribution >= 4 is 23.2 Å². The molecule has 1 aromatic carbocycles. The van der Waals surface area contributed by atoms with E-state index >= 15 is 0 Å². The lowest BCUT2D eigenvalue weighted by molar-refractivity contribution is -0.126. The fraction of sp³-hybridized carbons (Fsp3) is 0.500. The Kier molecular flexibility index (Phi) is 4.11. The van der Waals surface area contributed by atoms with Gasteiger partial charge in [0.2, 0.25) is 5.91 Å². The van der Waals surface area contributed by atoms with Gasteiger partial charge in [-0.15, -0.1) is 0 Å². The van der Waals surface area contributed by atoms with Crippen molar-refractivity contribution in [3.63, 3.8) is 0 Å². The summed E-state index contributed by atoms with van der Waals surface area (Å²) < 4.78 is 13.0. The molecule has 2 rings (SSSR count). The summed E-state index contributed by atoms with van der Waals surface area (Å²) in [5.74, 6) is -0.244. The van der Waals surface area contributed by atoms with Gasteiger partial charge in [0.25, 0.3) is 0 Å². The van der Waals surface area contributed by atoms with E-state index in [2.05, 4.69) is 10.6 Å². The minimum Gasteiger partial charge on any atom is -0.324 e. The fourth-order valence-electron chi connectivity index (χ4n) is 2.50. The highest BCUT2D eigenvalue weighted by Gasteiger charge is 2.43. The molecule has 1 unspecified atom stereocenters. The summed E-state index contributed by atoms with van der Waals surface area (Å²) in [5, 5.41) is 6.28. The Morgan fingerprint density at radius 1 is 1.53 bits per heavy atom. The third-order valence-corrected chi connectivity index (χ3v) is 4.24. The van der Waals surface area contributed by atoms with Crippen LogP contribution in [0.1, 0.15) is 20.3 Å². The standard InChI is InChI=1S/C14H18ClFN2O/c1-9(2)14(5-6-17-8-14)13(19)18-12-4-3-10(16)7-11(12)15/h3-4,7,9,17H,5-6,8H2,1-2H3,(H,18,19). The predicted molar refractivity (Wildman–Crippen MR) is 74.8 cm³/mol. The van der Waals surface area contributed by atoms with E-state index in [9.17, 15) is 9.18 Å². The van der Waals surface area contributed by atoms with Crippen LogP contribution in [0.25, 0.3) is 0 Å². The molecule has 1 atom stereocenters. The molecule has 5 heteroatoms. The Balaban J connectivity index is 2.20. The van der Waals surface area contributed by atoms with Crippen molar-refractivity contribution in [3.8, 4) is 0 Å². The molecule has 0 spiro atoms. The van der Waals surface area contributed by atoms with Crippen LogP contribution in [0.2, 0.25) is 5.02 Å². The van der Waals surface area contributed by atoms with E-state index in [1.54, 1.807) is 0 Å². The van der Waals surface area contributed by atoms with E-state index in [0.29, 0.717) is 12.2 Å². The molecule has 1 aromatic rings. The highest BCUT2D eigenvalue weighted by atomic mass is 35.5. The highest BCUT2D eigenvalue weighted by molar-refractivity contribution is 6.33. The van der Waals surface area contributed by atoms with Gasteiger partial charge < -0.3 is 10.6 Å². The van der Waals surface area contributed by atoms with Gasteiger partial charge in [0, 0.05) is 6.54 Å². The Morgan fingerprint density at radius 2 is 2.26 bits per heavy atom. The summed E-state index contributed by atoms with van der Waals surface area (Å²) in [7, 11) is 0. The molecule has 1 heterocycles. The average Bonchev–Trinajstić information content (AvgIpc) is 2.83. The van der Waals surface area contributed by atoms with Crippen LogP contribution in [-0.4, -0.2) is 19.0 Å². The molecular weight excluding hydrogens is 267 g/mol. The highest BCUT2D eigenvalue weighted by Crippen LogP contribution is 2.36. The number of carbonyl (C=O) groups excluding carboxylic acids is 1. The molecule has 3 nitrogen and oxygen atoms in total. The van der Waals surface area contributed by atoms with Crippen molar-refractivity contribution in [3.05, 3.63) is 29.0 Å². The molecule has 1 amide bonds. The van der Waals surface area contributed by atoms with Gasteiger partial charge in [-0.2, -0.15) is 0 Å². The molecule has 1 aliphatic rings. The van der Waals surface area contributed by atoms with E-state index in [-0.39, 0.29) is 16.8 Å². The summed E-state index contributed by atoms with van der Waals surface area (Å²) in [5.41, 5.74) is 0.0394.